The quantitative estimate of drug-likeness (QED) is 0.785. The lowest BCUT2D eigenvalue weighted by molar-refractivity contribution is -0.137. The maximum absolute atomic E-state index is 10.7. The summed E-state index contributed by atoms with van der Waals surface area (Å²) in [5.74, 6) is -0.329. The molecule has 6 heteroatoms. The van der Waals surface area contributed by atoms with Crippen LogP contribution in [0.4, 0.5) is 0 Å². The fraction of sp³-hybridized carbons (Fsp3) is 0.273. The highest BCUT2D eigenvalue weighted by atomic mass is 79.9. The first kappa shape index (κ1) is 13.5. The van der Waals surface area contributed by atoms with Crippen molar-refractivity contribution < 1.29 is 19.4 Å². The summed E-state index contributed by atoms with van der Waals surface area (Å²) in [5, 5.41) is 11.2. The molecule has 1 atom stereocenters. The predicted octanol–water partition coefficient (Wildman–Crippen LogP) is 1.72. The number of rotatable bonds is 6. The summed E-state index contributed by atoms with van der Waals surface area (Å²) in [6, 6.07) is 4.60. The molecule has 0 heterocycles. The molecule has 1 aromatic rings. The number of nitrogens with one attached hydrogen (secondary N) is 1. The smallest absolute Gasteiger partial charge is 0.305 e. The molecule has 0 aliphatic carbocycles. The van der Waals surface area contributed by atoms with Crippen LogP contribution in [-0.2, 0) is 9.59 Å². The highest BCUT2D eigenvalue weighted by Crippen LogP contribution is 2.28. The first-order valence-corrected chi connectivity index (χ1v) is 5.62. The lowest BCUT2D eigenvalue weighted by Crippen LogP contribution is -2.22. The fourth-order valence-corrected chi connectivity index (χ4v) is 1.99. The number of hydrogen-bond donors (Lipinski definition) is 2. The minimum Gasteiger partial charge on any atom is -0.496 e. The van der Waals surface area contributed by atoms with E-state index in [0.29, 0.717) is 22.2 Å². The summed E-state index contributed by atoms with van der Waals surface area (Å²) in [4.78, 5) is 21.1. The zero-order valence-corrected chi connectivity index (χ0v) is 10.7. The number of methoxy groups -OCH3 is 1. The summed E-state index contributed by atoms with van der Waals surface area (Å²) < 4.78 is 5.78. The fourth-order valence-electron chi connectivity index (χ4n) is 1.43. The Bertz CT molecular complexity index is 422. The molecular formula is C11H12BrNO4. The van der Waals surface area contributed by atoms with Crippen molar-refractivity contribution in [3.63, 3.8) is 0 Å². The molecule has 92 valence electrons. The van der Waals surface area contributed by atoms with Gasteiger partial charge >= 0.3 is 5.97 Å². The molecule has 0 spiro atoms. The Kier molecular flexibility index (Phi) is 4.96. The van der Waals surface area contributed by atoms with Gasteiger partial charge in [0.05, 0.1) is 24.0 Å². The maximum atomic E-state index is 10.7. The van der Waals surface area contributed by atoms with E-state index in [4.69, 9.17) is 9.84 Å². The van der Waals surface area contributed by atoms with Crippen molar-refractivity contribution in [2.24, 2.45) is 0 Å². The second-order valence-corrected chi connectivity index (χ2v) is 4.18. The van der Waals surface area contributed by atoms with E-state index in [1.54, 1.807) is 18.2 Å². The molecule has 1 aromatic carbocycles. The van der Waals surface area contributed by atoms with E-state index < -0.39 is 12.0 Å². The number of hydrogen-bond acceptors (Lipinski definition) is 3. The lowest BCUT2D eigenvalue weighted by Gasteiger charge is -2.15. The molecule has 0 saturated carbocycles. The number of carboxylic acids is 1. The highest BCUT2D eigenvalue weighted by molar-refractivity contribution is 9.10. The molecule has 0 aromatic heterocycles. The second-order valence-electron chi connectivity index (χ2n) is 3.33. The highest BCUT2D eigenvalue weighted by Gasteiger charge is 2.15. The number of carbonyl (C=O) groups is 2. The normalized spacial score (nSPS) is 11.6. The zero-order valence-electron chi connectivity index (χ0n) is 9.14. The van der Waals surface area contributed by atoms with Gasteiger partial charge in [-0.25, -0.2) is 0 Å². The number of carbonyl (C=O) groups excluding carboxylic acids is 1. The predicted molar refractivity (Wildman–Crippen MR) is 64.9 cm³/mol. The van der Waals surface area contributed by atoms with Gasteiger partial charge in [0.2, 0.25) is 6.41 Å². The molecule has 5 nitrogen and oxygen atoms in total. The van der Waals surface area contributed by atoms with Crippen molar-refractivity contribution in [3.8, 4) is 5.75 Å². The van der Waals surface area contributed by atoms with Crippen molar-refractivity contribution >= 4 is 28.3 Å². The molecule has 2 N–H and O–H groups in total. The Morgan fingerprint density at radius 3 is 2.82 bits per heavy atom. The third-order valence-electron chi connectivity index (χ3n) is 2.23. The van der Waals surface area contributed by atoms with Crippen molar-refractivity contribution in [2.45, 2.75) is 12.5 Å². The van der Waals surface area contributed by atoms with E-state index in [0.717, 1.165) is 0 Å². The van der Waals surface area contributed by atoms with Gasteiger partial charge in [-0.05, 0) is 33.6 Å². The van der Waals surface area contributed by atoms with Gasteiger partial charge in [0.25, 0.3) is 0 Å². The van der Waals surface area contributed by atoms with E-state index in [1.807, 2.05) is 0 Å². The van der Waals surface area contributed by atoms with Gasteiger partial charge in [0, 0.05) is 0 Å². The second kappa shape index (κ2) is 6.24. The Labute approximate surface area is 107 Å². The standard InChI is InChI=1S/C11H12BrNO4/c1-17-10-3-2-7(4-8(10)12)9(13-6-14)5-11(15)16/h2-4,6,9H,5H2,1H3,(H,13,14)(H,15,16)/t9-/m0/s1. The van der Waals surface area contributed by atoms with E-state index in [9.17, 15) is 9.59 Å². The molecule has 0 bridgehead atoms. The van der Waals surface area contributed by atoms with E-state index in [2.05, 4.69) is 21.2 Å². The summed E-state index contributed by atoms with van der Waals surface area (Å²) in [6.07, 6.45) is 0.323. The number of carboxylic acid groups (broad SMARTS) is 1. The van der Waals surface area contributed by atoms with Crippen molar-refractivity contribution in [1.29, 1.82) is 0 Å². The van der Waals surface area contributed by atoms with Crippen molar-refractivity contribution in [1.82, 2.24) is 5.32 Å². The summed E-state index contributed by atoms with van der Waals surface area (Å²) in [5.41, 5.74) is 0.701. The SMILES string of the molecule is COc1ccc([C@H](CC(=O)O)NC=O)cc1Br. The summed E-state index contributed by atoms with van der Waals surface area (Å²) >= 11 is 3.30. The molecular weight excluding hydrogens is 290 g/mol. The molecule has 0 aliphatic rings. The van der Waals surface area contributed by atoms with Crippen LogP contribution < -0.4 is 10.1 Å². The minimum atomic E-state index is -0.976. The van der Waals surface area contributed by atoms with Crippen molar-refractivity contribution in [2.75, 3.05) is 7.11 Å². The topological polar surface area (TPSA) is 75.6 Å². The van der Waals surface area contributed by atoms with Gasteiger partial charge in [0.1, 0.15) is 5.75 Å². The van der Waals surface area contributed by atoms with E-state index >= 15 is 0 Å². The van der Waals surface area contributed by atoms with Gasteiger partial charge < -0.3 is 15.2 Å². The lowest BCUT2D eigenvalue weighted by atomic mass is 10.0. The molecule has 0 aliphatic heterocycles. The first-order chi connectivity index (χ1) is 8.08. The van der Waals surface area contributed by atoms with E-state index in [1.165, 1.54) is 7.11 Å². The largest absolute Gasteiger partial charge is 0.496 e. The zero-order chi connectivity index (χ0) is 12.8. The van der Waals surface area contributed by atoms with Crippen LogP contribution >= 0.6 is 15.9 Å². The van der Waals surface area contributed by atoms with Crippen LogP contribution in [-0.4, -0.2) is 24.6 Å². The Morgan fingerprint density at radius 2 is 2.35 bits per heavy atom. The Balaban J connectivity index is 2.97. The number of halogens is 1. The number of aliphatic carboxylic acids is 1. The van der Waals surface area contributed by atoms with Crippen LogP contribution in [0.3, 0.4) is 0 Å². The van der Waals surface area contributed by atoms with Crippen LogP contribution in [0.1, 0.15) is 18.0 Å². The molecule has 1 amide bonds. The van der Waals surface area contributed by atoms with Crippen LogP contribution in [0.5, 0.6) is 5.75 Å². The van der Waals surface area contributed by atoms with Gasteiger partial charge in [0.15, 0.2) is 0 Å². The number of benzene rings is 1. The van der Waals surface area contributed by atoms with Crippen LogP contribution in [0.2, 0.25) is 0 Å². The third kappa shape index (κ3) is 3.74. The maximum Gasteiger partial charge on any atom is 0.305 e. The Morgan fingerprint density at radius 1 is 1.65 bits per heavy atom. The molecule has 0 saturated heterocycles. The Hall–Kier alpha value is -1.56. The summed E-state index contributed by atoms with van der Waals surface area (Å²) in [6.45, 7) is 0. The van der Waals surface area contributed by atoms with Gasteiger partial charge in [-0.1, -0.05) is 6.07 Å². The van der Waals surface area contributed by atoms with E-state index in [-0.39, 0.29) is 6.42 Å². The average Bonchev–Trinajstić information content (AvgIpc) is 2.28. The van der Waals surface area contributed by atoms with Crippen molar-refractivity contribution in [3.05, 3.63) is 28.2 Å². The molecule has 0 unspecified atom stereocenters. The number of ether oxygens (including phenoxy) is 1. The minimum absolute atomic E-state index is 0.169. The molecule has 0 radical (unpaired) electrons. The van der Waals surface area contributed by atoms with Gasteiger partial charge in [-0.2, -0.15) is 0 Å². The van der Waals surface area contributed by atoms with Gasteiger partial charge in [-0.15, -0.1) is 0 Å². The van der Waals surface area contributed by atoms with Crippen LogP contribution in [0.25, 0.3) is 0 Å². The first-order valence-electron chi connectivity index (χ1n) is 4.83. The monoisotopic (exact) mass is 301 g/mol. The average molecular weight is 302 g/mol. The van der Waals surface area contributed by atoms with Gasteiger partial charge in [-0.3, -0.25) is 9.59 Å². The number of amides is 1. The molecule has 1 rings (SSSR count). The summed E-state index contributed by atoms with van der Waals surface area (Å²) in [7, 11) is 1.54. The van der Waals surface area contributed by atoms with Crippen LogP contribution in [0.15, 0.2) is 22.7 Å². The molecule has 0 fully saturated rings. The van der Waals surface area contributed by atoms with Crippen LogP contribution in [0, 0.1) is 0 Å². The third-order valence-corrected chi connectivity index (χ3v) is 2.85. The molecule has 17 heavy (non-hydrogen) atoms.